The lowest BCUT2D eigenvalue weighted by molar-refractivity contribution is 0.845. The molecule has 0 saturated heterocycles. The van der Waals surface area contributed by atoms with Crippen LogP contribution >= 0.6 is 0 Å². The quantitative estimate of drug-likeness (QED) is 0.584. The smallest absolute Gasteiger partial charge is 0.0135 e. The van der Waals surface area contributed by atoms with Gasteiger partial charge in [-0.1, -0.05) is 49.1 Å². The molecular weight excluding hydrogens is 194 g/mol. The molecule has 0 aliphatic carbocycles. The molecule has 0 amide bonds. The van der Waals surface area contributed by atoms with E-state index in [0.29, 0.717) is 0 Å². The van der Waals surface area contributed by atoms with Crippen LogP contribution in [0.2, 0.25) is 0 Å². The van der Waals surface area contributed by atoms with E-state index < -0.39 is 0 Å². The average molecular weight is 215 g/mol. The second kappa shape index (κ2) is 9.94. The van der Waals surface area contributed by atoms with Crippen LogP contribution in [0.5, 0.6) is 0 Å². The van der Waals surface area contributed by atoms with Gasteiger partial charge in [-0.3, -0.25) is 0 Å². The van der Waals surface area contributed by atoms with E-state index in [1.807, 2.05) is 30.4 Å². The predicted molar refractivity (Wildman–Crippen MR) is 74.5 cm³/mol. The lowest BCUT2D eigenvalue weighted by atomic mass is 10.1. The average Bonchev–Trinajstić information content (AvgIpc) is 2.31. The molecule has 0 heterocycles. The van der Waals surface area contributed by atoms with Gasteiger partial charge in [0.05, 0.1) is 0 Å². The summed E-state index contributed by atoms with van der Waals surface area (Å²) in [5, 5.41) is 3.05. The Kier molecular flexibility index (Phi) is 8.94. The van der Waals surface area contributed by atoms with Gasteiger partial charge < -0.3 is 5.32 Å². The van der Waals surface area contributed by atoms with Crippen LogP contribution in [0.3, 0.4) is 0 Å². The first-order valence-electron chi connectivity index (χ1n) is 5.36. The van der Waals surface area contributed by atoms with Crippen LogP contribution in [0.15, 0.2) is 56.2 Å². The molecular formula is C15H21N. The maximum absolute atomic E-state index is 3.69. The van der Waals surface area contributed by atoms with E-state index >= 15 is 0 Å². The molecule has 0 unspecified atom stereocenters. The van der Waals surface area contributed by atoms with Crippen molar-refractivity contribution in [2.24, 2.45) is 0 Å². The van der Waals surface area contributed by atoms with Gasteiger partial charge in [0.1, 0.15) is 0 Å². The van der Waals surface area contributed by atoms with Crippen LogP contribution in [-0.2, 0) is 0 Å². The SMILES string of the molecule is C=CCNCC=C.C=Cc1ccccc1C. The Balaban J connectivity index is 0.000000293. The summed E-state index contributed by atoms with van der Waals surface area (Å²) >= 11 is 0. The van der Waals surface area contributed by atoms with Crippen molar-refractivity contribution in [2.45, 2.75) is 6.92 Å². The van der Waals surface area contributed by atoms with Gasteiger partial charge in [-0.2, -0.15) is 0 Å². The van der Waals surface area contributed by atoms with Crippen molar-refractivity contribution in [1.82, 2.24) is 5.32 Å². The van der Waals surface area contributed by atoms with Crippen LogP contribution in [0.25, 0.3) is 6.08 Å². The molecule has 16 heavy (non-hydrogen) atoms. The summed E-state index contributed by atoms with van der Waals surface area (Å²) in [6, 6.07) is 8.19. The van der Waals surface area contributed by atoms with E-state index in [4.69, 9.17) is 0 Å². The van der Waals surface area contributed by atoms with Crippen molar-refractivity contribution in [1.29, 1.82) is 0 Å². The Hall–Kier alpha value is -1.60. The first-order valence-corrected chi connectivity index (χ1v) is 5.36. The summed E-state index contributed by atoms with van der Waals surface area (Å²) in [7, 11) is 0. The molecule has 0 spiro atoms. The van der Waals surface area contributed by atoms with Crippen molar-refractivity contribution in [2.75, 3.05) is 13.1 Å². The fourth-order valence-electron chi connectivity index (χ4n) is 1.10. The molecule has 86 valence electrons. The molecule has 0 saturated carbocycles. The summed E-state index contributed by atoms with van der Waals surface area (Å²) in [5.41, 5.74) is 2.50. The first kappa shape index (κ1) is 14.4. The van der Waals surface area contributed by atoms with Gasteiger partial charge in [-0.15, -0.1) is 13.2 Å². The molecule has 1 rings (SSSR count). The van der Waals surface area contributed by atoms with Crippen LogP contribution in [0.1, 0.15) is 11.1 Å². The fourth-order valence-corrected chi connectivity index (χ4v) is 1.10. The molecule has 0 atom stereocenters. The van der Waals surface area contributed by atoms with Crippen LogP contribution < -0.4 is 5.32 Å². The summed E-state index contributed by atoms with van der Waals surface area (Å²) in [6.07, 6.45) is 5.52. The Morgan fingerprint density at radius 2 is 1.62 bits per heavy atom. The van der Waals surface area contributed by atoms with Crippen molar-refractivity contribution in [3.05, 3.63) is 67.3 Å². The zero-order chi connectivity index (χ0) is 12.2. The van der Waals surface area contributed by atoms with Crippen LogP contribution in [0, 0.1) is 6.92 Å². The molecule has 1 aromatic carbocycles. The number of benzene rings is 1. The third-order valence-electron chi connectivity index (χ3n) is 1.99. The standard InChI is InChI=1S/C9H10.C6H11N/c1-3-9-7-5-4-6-8(9)2;1-3-5-7-6-4-2/h3-7H,1H2,2H3;3-4,7H,1-2,5-6H2. The van der Waals surface area contributed by atoms with Crippen molar-refractivity contribution in [3.63, 3.8) is 0 Å². The number of hydrogen-bond acceptors (Lipinski definition) is 1. The van der Waals surface area contributed by atoms with Crippen LogP contribution in [-0.4, -0.2) is 13.1 Å². The second-order valence-electron chi connectivity index (χ2n) is 3.30. The van der Waals surface area contributed by atoms with Crippen molar-refractivity contribution < 1.29 is 0 Å². The second-order valence-corrected chi connectivity index (χ2v) is 3.30. The van der Waals surface area contributed by atoms with Gasteiger partial charge in [0.15, 0.2) is 0 Å². The minimum atomic E-state index is 0.867. The lowest BCUT2D eigenvalue weighted by Gasteiger charge is -1.95. The molecule has 1 nitrogen and oxygen atoms in total. The molecule has 0 fully saturated rings. The molecule has 1 N–H and O–H groups in total. The van der Waals surface area contributed by atoms with Gasteiger partial charge in [0.2, 0.25) is 0 Å². The third-order valence-corrected chi connectivity index (χ3v) is 1.99. The molecule has 0 radical (unpaired) electrons. The molecule has 1 heteroatoms. The molecule has 0 bridgehead atoms. The highest BCUT2D eigenvalue weighted by Gasteiger charge is 1.86. The summed E-state index contributed by atoms with van der Waals surface area (Å²) in [4.78, 5) is 0. The van der Waals surface area contributed by atoms with Gasteiger partial charge in [0.25, 0.3) is 0 Å². The predicted octanol–water partition coefficient (Wildman–Crippen LogP) is 3.59. The Labute approximate surface area is 99.2 Å². The highest BCUT2D eigenvalue weighted by Crippen LogP contribution is 2.06. The molecule has 0 aromatic heterocycles. The van der Waals surface area contributed by atoms with E-state index in [2.05, 4.69) is 44.1 Å². The van der Waals surface area contributed by atoms with Crippen molar-refractivity contribution in [3.8, 4) is 0 Å². The molecule has 1 aromatic rings. The lowest BCUT2D eigenvalue weighted by Crippen LogP contribution is -2.11. The maximum atomic E-state index is 3.69. The molecule has 0 aliphatic heterocycles. The Morgan fingerprint density at radius 3 is 2.00 bits per heavy atom. The number of nitrogens with one attached hydrogen (secondary N) is 1. The van der Waals surface area contributed by atoms with Gasteiger partial charge in [0, 0.05) is 13.1 Å². The van der Waals surface area contributed by atoms with E-state index in [1.165, 1.54) is 11.1 Å². The summed E-state index contributed by atoms with van der Waals surface area (Å²) < 4.78 is 0. The topological polar surface area (TPSA) is 12.0 Å². The first-order chi connectivity index (χ1) is 7.76. The fraction of sp³-hybridized carbons (Fsp3) is 0.200. The van der Waals surface area contributed by atoms with E-state index in [0.717, 1.165) is 13.1 Å². The Morgan fingerprint density at radius 1 is 1.06 bits per heavy atom. The zero-order valence-electron chi connectivity index (χ0n) is 10.1. The normalized spacial score (nSPS) is 8.56. The monoisotopic (exact) mass is 215 g/mol. The third kappa shape index (κ3) is 6.80. The van der Waals surface area contributed by atoms with E-state index in [1.54, 1.807) is 0 Å². The minimum Gasteiger partial charge on any atom is -0.310 e. The van der Waals surface area contributed by atoms with E-state index in [9.17, 15) is 0 Å². The Bertz CT molecular complexity index is 318. The highest BCUT2D eigenvalue weighted by atomic mass is 14.8. The summed E-state index contributed by atoms with van der Waals surface area (Å²) in [5.74, 6) is 0. The highest BCUT2D eigenvalue weighted by molar-refractivity contribution is 5.50. The van der Waals surface area contributed by atoms with Gasteiger partial charge >= 0.3 is 0 Å². The van der Waals surface area contributed by atoms with Gasteiger partial charge in [-0.25, -0.2) is 0 Å². The van der Waals surface area contributed by atoms with Crippen molar-refractivity contribution >= 4 is 6.08 Å². The van der Waals surface area contributed by atoms with Gasteiger partial charge in [-0.05, 0) is 18.1 Å². The minimum absolute atomic E-state index is 0.867. The largest absolute Gasteiger partial charge is 0.310 e. The van der Waals surface area contributed by atoms with E-state index in [-0.39, 0.29) is 0 Å². The zero-order valence-corrected chi connectivity index (χ0v) is 10.1. The maximum Gasteiger partial charge on any atom is 0.0135 e. The number of aryl methyl sites for hydroxylation is 1. The van der Waals surface area contributed by atoms with Crippen LogP contribution in [0.4, 0.5) is 0 Å². The molecule has 0 aliphatic rings. The number of rotatable bonds is 5. The number of hydrogen-bond donors (Lipinski definition) is 1. The summed E-state index contributed by atoms with van der Waals surface area (Å²) in [6.45, 7) is 14.6.